The third-order valence-electron chi connectivity index (χ3n) is 3.13. The topological polar surface area (TPSA) is 21.3 Å². The van der Waals surface area contributed by atoms with Crippen LogP contribution in [0.25, 0.3) is 0 Å². The number of benzene rings is 2. The van der Waals surface area contributed by atoms with Gasteiger partial charge in [0, 0.05) is 4.47 Å². The lowest BCUT2D eigenvalue weighted by molar-refractivity contribution is 0.414. The quantitative estimate of drug-likeness (QED) is 0.832. The van der Waals surface area contributed by atoms with E-state index >= 15 is 0 Å². The molecule has 1 N–H and O–H groups in total. The molecule has 1 atom stereocenters. The second kappa shape index (κ2) is 7.11. The largest absolute Gasteiger partial charge is 0.495 e. The maximum absolute atomic E-state index is 6.24. The number of hydrogen-bond acceptors (Lipinski definition) is 2. The second-order valence-electron chi connectivity index (χ2n) is 4.41. The van der Waals surface area contributed by atoms with Crippen molar-refractivity contribution in [3.8, 4) is 5.75 Å². The van der Waals surface area contributed by atoms with Crippen LogP contribution in [0.5, 0.6) is 5.75 Å². The maximum atomic E-state index is 6.24. The Morgan fingerprint density at radius 2 is 2.00 bits per heavy atom. The Morgan fingerprint density at radius 3 is 2.60 bits per heavy atom. The summed E-state index contributed by atoms with van der Waals surface area (Å²) in [5.74, 6) is 0.692. The highest BCUT2D eigenvalue weighted by Crippen LogP contribution is 2.32. The van der Waals surface area contributed by atoms with Crippen LogP contribution in [0.1, 0.15) is 24.1 Å². The van der Waals surface area contributed by atoms with E-state index in [1.807, 2.05) is 36.4 Å². The van der Waals surface area contributed by atoms with Gasteiger partial charge in [0.1, 0.15) is 5.75 Å². The highest BCUT2D eigenvalue weighted by atomic mass is 79.9. The van der Waals surface area contributed by atoms with Crippen LogP contribution < -0.4 is 10.1 Å². The fourth-order valence-electron chi connectivity index (χ4n) is 2.18. The van der Waals surface area contributed by atoms with Gasteiger partial charge < -0.3 is 10.1 Å². The van der Waals surface area contributed by atoms with Gasteiger partial charge >= 0.3 is 0 Å². The molecule has 0 aliphatic rings. The Labute approximate surface area is 133 Å². The first-order chi connectivity index (χ1) is 9.67. The molecule has 0 radical (unpaired) electrons. The summed E-state index contributed by atoms with van der Waals surface area (Å²) in [6.45, 7) is 2.96. The molecular formula is C16H17BrClNO. The predicted octanol–water partition coefficient (Wildman–Crippen LogP) is 4.81. The molecule has 0 aliphatic carbocycles. The first kappa shape index (κ1) is 15.4. The molecule has 106 valence electrons. The van der Waals surface area contributed by atoms with Crippen LogP contribution in [0.2, 0.25) is 5.02 Å². The van der Waals surface area contributed by atoms with E-state index in [-0.39, 0.29) is 6.04 Å². The summed E-state index contributed by atoms with van der Waals surface area (Å²) < 4.78 is 6.29. The number of ether oxygens (including phenoxy) is 1. The lowest BCUT2D eigenvalue weighted by atomic mass is 9.98. The molecule has 20 heavy (non-hydrogen) atoms. The van der Waals surface area contributed by atoms with Crippen molar-refractivity contribution in [2.24, 2.45) is 0 Å². The molecule has 0 heterocycles. The van der Waals surface area contributed by atoms with Crippen LogP contribution in [0.4, 0.5) is 0 Å². The summed E-state index contributed by atoms with van der Waals surface area (Å²) in [6, 6.07) is 14.2. The van der Waals surface area contributed by atoms with E-state index in [9.17, 15) is 0 Å². The Bertz CT molecular complexity index is 588. The highest BCUT2D eigenvalue weighted by Gasteiger charge is 2.16. The van der Waals surface area contributed by atoms with Crippen LogP contribution >= 0.6 is 27.5 Å². The second-order valence-corrected chi connectivity index (χ2v) is 5.67. The minimum absolute atomic E-state index is 0.0963. The zero-order valence-electron chi connectivity index (χ0n) is 11.5. The van der Waals surface area contributed by atoms with E-state index in [1.165, 1.54) is 5.56 Å². The molecule has 0 amide bonds. The fraction of sp³-hybridized carbons (Fsp3) is 0.250. The fourth-order valence-corrected chi connectivity index (χ4v) is 2.96. The standard InChI is InChI=1S/C16H17BrClNO/c1-3-19-16(12-6-4-5-7-13(12)17)11-8-9-15(20-2)14(18)10-11/h4-10,16,19H,3H2,1-2H3. The van der Waals surface area contributed by atoms with Crippen molar-refractivity contribution in [3.05, 3.63) is 63.1 Å². The Hall–Kier alpha value is -1.03. The van der Waals surface area contributed by atoms with Crippen LogP contribution in [0.15, 0.2) is 46.9 Å². The van der Waals surface area contributed by atoms with E-state index in [0.717, 1.165) is 16.6 Å². The summed E-state index contributed by atoms with van der Waals surface area (Å²) in [5.41, 5.74) is 2.31. The Balaban J connectivity index is 2.43. The minimum atomic E-state index is 0.0963. The highest BCUT2D eigenvalue weighted by molar-refractivity contribution is 9.10. The van der Waals surface area contributed by atoms with Gasteiger partial charge in [0.25, 0.3) is 0 Å². The van der Waals surface area contributed by atoms with Crippen molar-refractivity contribution >= 4 is 27.5 Å². The summed E-state index contributed by atoms with van der Waals surface area (Å²) in [6.07, 6.45) is 0. The van der Waals surface area contributed by atoms with Crippen LogP contribution in [0.3, 0.4) is 0 Å². The lowest BCUT2D eigenvalue weighted by Crippen LogP contribution is -2.22. The average molecular weight is 355 g/mol. The molecule has 2 nitrogen and oxygen atoms in total. The molecule has 0 fully saturated rings. The molecule has 1 unspecified atom stereocenters. The smallest absolute Gasteiger partial charge is 0.137 e. The van der Waals surface area contributed by atoms with Gasteiger partial charge in [-0.25, -0.2) is 0 Å². The number of rotatable bonds is 5. The third kappa shape index (κ3) is 3.35. The minimum Gasteiger partial charge on any atom is -0.495 e. The van der Waals surface area contributed by atoms with Gasteiger partial charge in [-0.15, -0.1) is 0 Å². The third-order valence-corrected chi connectivity index (χ3v) is 4.15. The zero-order valence-corrected chi connectivity index (χ0v) is 13.8. The van der Waals surface area contributed by atoms with E-state index < -0.39 is 0 Å². The van der Waals surface area contributed by atoms with Crippen LogP contribution in [0, 0.1) is 0 Å². The molecule has 0 aliphatic heterocycles. The SMILES string of the molecule is CCNC(c1ccc(OC)c(Cl)c1)c1ccccc1Br. The molecule has 2 rings (SSSR count). The van der Waals surface area contributed by atoms with E-state index in [4.69, 9.17) is 16.3 Å². The first-order valence-electron chi connectivity index (χ1n) is 6.48. The lowest BCUT2D eigenvalue weighted by Gasteiger charge is -2.21. The maximum Gasteiger partial charge on any atom is 0.137 e. The Kier molecular flexibility index (Phi) is 5.46. The molecule has 0 saturated carbocycles. The molecule has 2 aromatic rings. The summed E-state index contributed by atoms with van der Waals surface area (Å²) in [5, 5.41) is 4.12. The number of methoxy groups -OCH3 is 1. The van der Waals surface area contributed by atoms with Crippen molar-refractivity contribution in [3.63, 3.8) is 0 Å². The molecule has 0 saturated heterocycles. The van der Waals surface area contributed by atoms with Crippen LogP contribution in [-0.4, -0.2) is 13.7 Å². The molecule has 0 aromatic heterocycles. The molecule has 0 bridgehead atoms. The van der Waals surface area contributed by atoms with Crippen LogP contribution in [-0.2, 0) is 0 Å². The van der Waals surface area contributed by atoms with Gasteiger partial charge in [-0.2, -0.15) is 0 Å². The summed E-state index contributed by atoms with van der Waals surface area (Å²) in [4.78, 5) is 0. The number of halogens is 2. The van der Waals surface area contributed by atoms with Gasteiger partial charge in [0.15, 0.2) is 0 Å². The first-order valence-corrected chi connectivity index (χ1v) is 7.65. The van der Waals surface area contributed by atoms with Gasteiger partial charge in [-0.05, 0) is 35.9 Å². The van der Waals surface area contributed by atoms with Crippen molar-refractivity contribution in [2.45, 2.75) is 13.0 Å². The normalized spacial score (nSPS) is 12.2. The van der Waals surface area contributed by atoms with Crippen molar-refractivity contribution in [1.82, 2.24) is 5.32 Å². The summed E-state index contributed by atoms with van der Waals surface area (Å²) in [7, 11) is 1.62. The molecule has 0 spiro atoms. The Morgan fingerprint density at radius 1 is 1.25 bits per heavy atom. The number of hydrogen-bond donors (Lipinski definition) is 1. The predicted molar refractivity (Wildman–Crippen MR) is 87.7 cm³/mol. The van der Waals surface area contributed by atoms with Gasteiger partial charge in [-0.3, -0.25) is 0 Å². The summed E-state index contributed by atoms with van der Waals surface area (Å²) >= 11 is 9.85. The van der Waals surface area contributed by atoms with E-state index in [0.29, 0.717) is 10.8 Å². The van der Waals surface area contributed by atoms with Crippen molar-refractivity contribution in [2.75, 3.05) is 13.7 Å². The molecule has 2 aromatic carbocycles. The van der Waals surface area contributed by atoms with Crippen molar-refractivity contribution < 1.29 is 4.74 Å². The molecular weight excluding hydrogens is 338 g/mol. The van der Waals surface area contributed by atoms with Gasteiger partial charge in [0.05, 0.1) is 18.2 Å². The van der Waals surface area contributed by atoms with Gasteiger partial charge in [0.2, 0.25) is 0 Å². The average Bonchev–Trinajstić information content (AvgIpc) is 2.46. The zero-order chi connectivity index (χ0) is 14.5. The number of nitrogens with one attached hydrogen (secondary N) is 1. The van der Waals surface area contributed by atoms with E-state index in [2.05, 4.69) is 34.2 Å². The van der Waals surface area contributed by atoms with E-state index in [1.54, 1.807) is 7.11 Å². The molecule has 4 heteroatoms. The monoisotopic (exact) mass is 353 g/mol. The van der Waals surface area contributed by atoms with Crippen molar-refractivity contribution in [1.29, 1.82) is 0 Å². The van der Waals surface area contributed by atoms with Gasteiger partial charge in [-0.1, -0.05) is 58.7 Å².